The van der Waals surface area contributed by atoms with Crippen molar-refractivity contribution in [3.8, 4) is 0 Å². The molecular weight excluding hydrogens is 154 g/mol. The van der Waals surface area contributed by atoms with E-state index in [2.05, 4.69) is 0 Å². The van der Waals surface area contributed by atoms with Crippen molar-refractivity contribution in [2.24, 2.45) is 29.0 Å². The largest absolute Gasteiger partial charge is 0.369 e. The van der Waals surface area contributed by atoms with Crippen LogP contribution in [0.4, 0.5) is 0 Å². The molecule has 0 spiro atoms. The normalized spacial score (nSPS) is 30.6. The van der Waals surface area contributed by atoms with Gasteiger partial charge in [0.1, 0.15) is 0 Å². The third kappa shape index (κ3) is 2.19. The van der Waals surface area contributed by atoms with Crippen LogP contribution in [0.25, 0.3) is 0 Å². The molecule has 0 radical (unpaired) electrons. The summed E-state index contributed by atoms with van der Waals surface area (Å²) in [5.74, 6) is 0.250. The molecule has 0 heterocycles. The summed E-state index contributed by atoms with van der Waals surface area (Å²) in [6, 6.07) is 0. The van der Waals surface area contributed by atoms with Gasteiger partial charge in [-0.25, -0.2) is 0 Å². The Bertz CT molecular complexity index is 162. The topological polar surface area (TPSA) is 95.1 Å². The molecule has 1 rings (SSSR count). The average Bonchev–Trinajstić information content (AvgIpc) is 2.04. The van der Waals surface area contributed by atoms with Crippen LogP contribution < -0.4 is 17.2 Å². The van der Waals surface area contributed by atoms with Gasteiger partial charge >= 0.3 is 0 Å². The smallest absolute Gasteiger partial charge is 0.220 e. The number of hydrogen-bond acceptors (Lipinski definition) is 3. The van der Waals surface area contributed by atoms with Gasteiger partial charge in [0.05, 0.1) is 6.17 Å². The molecule has 4 heteroatoms. The molecule has 0 aliphatic heterocycles. The Labute approximate surface area is 72.5 Å². The summed E-state index contributed by atoms with van der Waals surface area (Å²) in [4.78, 5) is 10.8. The summed E-state index contributed by atoms with van der Waals surface area (Å²) < 4.78 is 0. The standard InChI is InChI=1S/C8H17N3O/c9-7(10)5-1-3-6(4-2-5)8(11)12/h5-7H,1-4,9-10H2,(H2,11,12). The number of primary amides is 1. The number of amides is 1. The molecule has 0 saturated heterocycles. The summed E-state index contributed by atoms with van der Waals surface area (Å²) in [5, 5.41) is 0. The molecule has 0 aromatic carbocycles. The highest BCUT2D eigenvalue weighted by Gasteiger charge is 2.26. The summed E-state index contributed by atoms with van der Waals surface area (Å²) in [6.07, 6.45) is 3.34. The first-order valence-corrected chi connectivity index (χ1v) is 4.41. The first kappa shape index (κ1) is 9.48. The minimum atomic E-state index is -0.237. The number of carbonyl (C=O) groups excluding carboxylic acids is 1. The highest BCUT2D eigenvalue weighted by atomic mass is 16.1. The predicted octanol–water partition coefficient (Wildman–Crippen LogP) is -0.478. The molecule has 1 aliphatic rings. The Morgan fingerprint density at radius 1 is 1.17 bits per heavy atom. The fourth-order valence-corrected chi connectivity index (χ4v) is 1.79. The van der Waals surface area contributed by atoms with Gasteiger partial charge in [-0.15, -0.1) is 0 Å². The second-order valence-corrected chi connectivity index (χ2v) is 3.59. The van der Waals surface area contributed by atoms with Crippen LogP contribution in [0.3, 0.4) is 0 Å². The van der Waals surface area contributed by atoms with E-state index in [-0.39, 0.29) is 18.0 Å². The molecule has 6 N–H and O–H groups in total. The molecular formula is C8H17N3O. The van der Waals surface area contributed by atoms with E-state index in [9.17, 15) is 4.79 Å². The minimum absolute atomic E-state index is 0.0556. The highest BCUT2D eigenvalue weighted by Crippen LogP contribution is 2.28. The maximum Gasteiger partial charge on any atom is 0.220 e. The van der Waals surface area contributed by atoms with Gasteiger partial charge in [0.15, 0.2) is 0 Å². The minimum Gasteiger partial charge on any atom is -0.369 e. The summed E-state index contributed by atoms with van der Waals surface area (Å²) in [5.41, 5.74) is 16.3. The lowest BCUT2D eigenvalue weighted by Crippen LogP contribution is -2.41. The van der Waals surface area contributed by atoms with Crippen molar-refractivity contribution in [1.82, 2.24) is 0 Å². The van der Waals surface area contributed by atoms with E-state index in [0.717, 1.165) is 25.7 Å². The van der Waals surface area contributed by atoms with E-state index in [1.165, 1.54) is 0 Å². The second-order valence-electron chi connectivity index (χ2n) is 3.59. The van der Waals surface area contributed by atoms with Crippen molar-refractivity contribution in [2.75, 3.05) is 0 Å². The van der Waals surface area contributed by atoms with E-state index < -0.39 is 0 Å². The molecule has 70 valence electrons. The van der Waals surface area contributed by atoms with Crippen molar-refractivity contribution in [3.05, 3.63) is 0 Å². The van der Waals surface area contributed by atoms with Crippen LogP contribution >= 0.6 is 0 Å². The highest BCUT2D eigenvalue weighted by molar-refractivity contribution is 5.76. The Balaban J connectivity index is 2.34. The molecule has 1 fully saturated rings. The Kier molecular flexibility index (Phi) is 3.05. The molecule has 0 atom stereocenters. The van der Waals surface area contributed by atoms with E-state index in [4.69, 9.17) is 17.2 Å². The zero-order valence-electron chi connectivity index (χ0n) is 7.20. The quantitative estimate of drug-likeness (QED) is 0.490. The van der Waals surface area contributed by atoms with Gasteiger partial charge in [-0.3, -0.25) is 4.79 Å². The molecule has 1 saturated carbocycles. The van der Waals surface area contributed by atoms with Gasteiger partial charge in [-0.05, 0) is 31.6 Å². The molecule has 12 heavy (non-hydrogen) atoms. The fraction of sp³-hybridized carbons (Fsp3) is 0.875. The van der Waals surface area contributed by atoms with Crippen LogP contribution in [-0.2, 0) is 4.79 Å². The second kappa shape index (κ2) is 3.87. The van der Waals surface area contributed by atoms with Crippen LogP contribution in [0.5, 0.6) is 0 Å². The van der Waals surface area contributed by atoms with Crippen LogP contribution in [0.15, 0.2) is 0 Å². The Hall–Kier alpha value is -0.610. The lowest BCUT2D eigenvalue weighted by atomic mass is 9.80. The van der Waals surface area contributed by atoms with Gasteiger partial charge in [-0.1, -0.05) is 0 Å². The van der Waals surface area contributed by atoms with Crippen molar-refractivity contribution in [2.45, 2.75) is 31.8 Å². The third-order valence-corrected chi connectivity index (χ3v) is 2.72. The van der Waals surface area contributed by atoms with Gasteiger partial charge in [0, 0.05) is 5.92 Å². The van der Waals surface area contributed by atoms with Crippen molar-refractivity contribution in [3.63, 3.8) is 0 Å². The zero-order chi connectivity index (χ0) is 9.14. The average molecular weight is 171 g/mol. The summed E-state index contributed by atoms with van der Waals surface area (Å²) >= 11 is 0. The number of hydrogen-bond donors (Lipinski definition) is 3. The molecule has 0 aromatic heterocycles. The van der Waals surface area contributed by atoms with E-state index in [0.29, 0.717) is 5.92 Å². The molecule has 0 aromatic rings. The fourth-order valence-electron chi connectivity index (χ4n) is 1.79. The monoisotopic (exact) mass is 171 g/mol. The van der Waals surface area contributed by atoms with Gasteiger partial charge in [0.25, 0.3) is 0 Å². The van der Waals surface area contributed by atoms with E-state index in [1.54, 1.807) is 0 Å². The maximum absolute atomic E-state index is 10.8. The van der Waals surface area contributed by atoms with E-state index in [1.807, 2.05) is 0 Å². The molecule has 0 unspecified atom stereocenters. The first-order valence-electron chi connectivity index (χ1n) is 4.41. The number of carbonyl (C=O) groups is 1. The van der Waals surface area contributed by atoms with E-state index >= 15 is 0 Å². The first-order chi connectivity index (χ1) is 5.61. The molecule has 1 aliphatic carbocycles. The molecule has 1 amide bonds. The maximum atomic E-state index is 10.8. The van der Waals surface area contributed by atoms with Crippen molar-refractivity contribution < 1.29 is 4.79 Å². The zero-order valence-corrected chi connectivity index (χ0v) is 7.20. The van der Waals surface area contributed by atoms with Crippen LogP contribution in [0.1, 0.15) is 25.7 Å². The number of nitrogens with two attached hydrogens (primary N) is 3. The number of rotatable bonds is 2. The molecule has 4 nitrogen and oxygen atoms in total. The predicted molar refractivity (Wildman–Crippen MR) is 46.8 cm³/mol. The Morgan fingerprint density at radius 2 is 1.67 bits per heavy atom. The van der Waals surface area contributed by atoms with Crippen LogP contribution in [0, 0.1) is 11.8 Å². The Morgan fingerprint density at radius 3 is 2.00 bits per heavy atom. The van der Waals surface area contributed by atoms with Crippen molar-refractivity contribution in [1.29, 1.82) is 0 Å². The third-order valence-electron chi connectivity index (χ3n) is 2.72. The van der Waals surface area contributed by atoms with Gasteiger partial charge < -0.3 is 17.2 Å². The van der Waals surface area contributed by atoms with Crippen LogP contribution in [-0.4, -0.2) is 12.1 Å². The lowest BCUT2D eigenvalue weighted by molar-refractivity contribution is -0.123. The lowest BCUT2D eigenvalue weighted by Gasteiger charge is -2.28. The summed E-state index contributed by atoms with van der Waals surface area (Å²) in [7, 11) is 0. The summed E-state index contributed by atoms with van der Waals surface area (Å²) in [6.45, 7) is 0. The van der Waals surface area contributed by atoms with Gasteiger partial charge in [-0.2, -0.15) is 0 Å². The van der Waals surface area contributed by atoms with Crippen molar-refractivity contribution >= 4 is 5.91 Å². The SMILES string of the molecule is NC(=O)C1CCC(C(N)N)CC1. The van der Waals surface area contributed by atoms with Crippen LogP contribution in [0.2, 0.25) is 0 Å². The van der Waals surface area contributed by atoms with Gasteiger partial charge in [0.2, 0.25) is 5.91 Å². The molecule has 0 bridgehead atoms.